The van der Waals surface area contributed by atoms with E-state index in [1.165, 1.54) is 6.42 Å². The summed E-state index contributed by atoms with van der Waals surface area (Å²) in [6.07, 6.45) is 11.0. The smallest absolute Gasteiger partial charge is 0.285 e. The molecule has 4 heterocycles. The van der Waals surface area contributed by atoms with Gasteiger partial charge in [0.1, 0.15) is 12.4 Å². The summed E-state index contributed by atoms with van der Waals surface area (Å²) in [6, 6.07) is 1.92. The highest BCUT2D eigenvalue weighted by Crippen LogP contribution is 2.48. The van der Waals surface area contributed by atoms with Gasteiger partial charge in [-0.2, -0.15) is 0 Å². The van der Waals surface area contributed by atoms with E-state index in [0.717, 1.165) is 40.7 Å². The third-order valence-electron chi connectivity index (χ3n) is 6.56. The molecule has 5 rings (SSSR count). The SMILES string of the molecule is C/C=C/N=C(N/C(C)=C/C)SCc1nccc(OCC23COC(C4CCC4)(OC2)OC3)c1C. The molecule has 0 amide bonds. The molecule has 2 bridgehead atoms. The van der Waals surface area contributed by atoms with E-state index in [0.29, 0.717) is 38.1 Å². The van der Waals surface area contributed by atoms with Crippen LogP contribution in [-0.4, -0.2) is 42.6 Å². The lowest BCUT2D eigenvalue weighted by atomic mass is 9.80. The molecule has 180 valence electrons. The van der Waals surface area contributed by atoms with E-state index in [1.54, 1.807) is 24.2 Å². The molecule has 4 aliphatic rings. The van der Waals surface area contributed by atoms with Crippen molar-refractivity contribution in [1.82, 2.24) is 10.3 Å². The fourth-order valence-electron chi connectivity index (χ4n) is 3.97. The molecular weight excluding hydrogens is 438 g/mol. The van der Waals surface area contributed by atoms with Gasteiger partial charge in [-0.05, 0) is 46.6 Å². The van der Waals surface area contributed by atoms with Gasteiger partial charge in [-0.1, -0.05) is 30.3 Å². The second-order valence-electron chi connectivity index (χ2n) is 9.07. The number of pyridine rings is 1. The summed E-state index contributed by atoms with van der Waals surface area (Å²) in [4.78, 5) is 9.08. The monoisotopic (exact) mass is 473 g/mol. The van der Waals surface area contributed by atoms with Gasteiger partial charge in [0.15, 0.2) is 5.17 Å². The van der Waals surface area contributed by atoms with Crippen LogP contribution >= 0.6 is 11.8 Å². The molecule has 1 N–H and O–H groups in total. The Morgan fingerprint density at radius 3 is 2.61 bits per heavy atom. The summed E-state index contributed by atoms with van der Waals surface area (Å²) >= 11 is 1.62. The first-order valence-electron chi connectivity index (χ1n) is 11.7. The van der Waals surface area contributed by atoms with Crippen LogP contribution in [-0.2, 0) is 20.0 Å². The second-order valence-corrected chi connectivity index (χ2v) is 10.0. The summed E-state index contributed by atoms with van der Waals surface area (Å²) in [5, 5.41) is 4.17. The molecule has 1 aliphatic carbocycles. The van der Waals surface area contributed by atoms with Crippen LogP contribution in [0.5, 0.6) is 5.75 Å². The summed E-state index contributed by atoms with van der Waals surface area (Å²) < 4.78 is 24.5. The molecule has 33 heavy (non-hydrogen) atoms. The van der Waals surface area contributed by atoms with Gasteiger partial charge in [0, 0.05) is 35.3 Å². The summed E-state index contributed by atoms with van der Waals surface area (Å²) in [5.41, 5.74) is 2.80. The Morgan fingerprint density at radius 2 is 2.00 bits per heavy atom. The maximum atomic E-state index is 6.27. The van der Waals surface area contributed by atoms with Gasteiger partial charge in [0.2, 0.25) is 0 Å². The summed E-state index contributed by atoms with van der Waals surface area (Å²) in [6.45, 7) is 10.3. The van der Waals surface area contributed by atoms with Crippen molar-refractivity contribution in [2.45, 2.75) is 58.7 Å². The summed E-state index contributed by atoms with van der Waals surface area (Å²) in [7, 11) is 0. The van der Waals surface area contributed by atoms with Gasteiger partial charge in [0.05, 0.1) is 30.9 Å². The molecule has 4 fully saturated rings. The first-order valence-corrected chi connectivity index (χ1v) is 12.7. The number of allylic oxidation sites excluding steroid dienone is 3. The quantitative estimate of drug-likeness (QED) is 0.424. The van der Waals surface area contributed by atoms with E-state index in [9.17, 15) is 0 Å². The van der Waals surface area contributed by atoms with E-state index < -0.39 is 5.97 Å². The van der Waals surface area contributed by atoms with Crippen molar-refractivity contribution in [3.63, 3.8) is 0 Å². The second kappa shape index (κ2) is 10.6. The largest absolute Gasteiger partial charge is 0.492 e. The van der Waals surface area contributed by atoms with E-state index in [2.05, 4.69) is 22.2 Å². The number of amidine groups is 1. The Morgan fingerprint density at radius 1 is 1.27 bits per heavy atom. The zero-order valence-electron chi connectivity index (χ0n) is 20.1. The Kier molecular flexibility index (Phi) is 7.79. The summed E-state index contributed by atoms with van der Waals surface area (Å²) in [5.74, 6) is 1.09. The Hall–Kier alpha value is -1.87. The van der Waals surface area contributed by atoms with Gasteiger partial charge >= 0.3 is 0 Å². The number of rotatable bonds is 8. The minimum Gasteiger partial charge on any atom is -0.492 e. The third-order valence-corrected chi connectivity index (χ3v) is 7.46. The van der Waals surface area contributed by atoms with Crippen LogP contribution in [0, 0.1) is 18.3 Å². The molecule has 0 atom stereocenters. The number of fused-ring (bicyclic) bond motifs is 3. The molecule has 3 saturated heterocycles. The van der Waals surface area contributed by atoms with Crippen LogP contribution < -0.4 is 10.1 Å². The van der Waals surface area contributed by atoms with Crippen molar-refractivity contribution >= 4 is 16.9 Å². The third kappa shape index (κ3) is 5.45. The average Bonchev–Trinajstić information content (AvgIpc) is 2.80. The van der Waals surface area contributed by atoms with E-state index in [1.807, 2.05) is 39.0 Å². The number of thioether (sulfide) groups is 1. The number of ether oxygens (including phenoxy) is 4. The first-order chi connectivity index (χ1) is 16.0. The molecule has 0 spiro atoms. The molecule has 0 radical (unpaired) electrons. The van der Waals surface area contributed by atoms with Crippen molar-refractivity contribution in [3.8, 4) is 5.75 Å². The fraction of sp³-hybridized carbons (Fsp3) is 0.600. The van der Waals surface area contributed by atoms with Crippen LogP contribution in [0.15, 0.2) is 41.3 Å². The normalized spacial score (nSPS) is 28.2. The zero-order chi connectivity index (χ0) is 23.3. The van der Waals surface area contributed by atoms with Crippen molar-refractivity contribution in [1.29, 1.82) is 0 Å². The van der Waals surface area contributed by atoms with Crippen molar-refractivity contribution in [2.75, 3.05) is 26.4 Å². The number of hydrogen-bond donors (Lipinski definition) is 1. The molecule has 0 aromatic carbocycles. The topological polar surface area (TPSA) is 74.2 Å². The van der Waals surface area contributed by atoms with Crippen molar-refractivity contribution in [3.05, 3.63) is 47.6 Å². The van der Waals surface area contributed by atoms with Gasteiger partial charge in [-0.15, -0.1) is 0 Å². The van der Waals surface area contributed by atoms with Gasteiger partial charge in [-0.3, -0.25) is 4.98 Å². The lowest BCUT2D eigenvalue weighted by Crippen LogP contribution is -2.65. The van der Waals surface area contributed by atoms with Gasteiger partial charge < -0.3 is 24.3 Å². The lowest BCUT2D eigenvalue weighted by Gasteiger charge is -2.55. The zero-order valence-corrected chi connectivity index (χ0v) is 20.9. The van der Waals surface area contributed by atoms with E-state index in [4.69, 9.17) is 18.9 Å². The number of hydrogen-bond acceptors (Lipinski definition) is 7. The molecule has 3 aliphatic heterocycles. The Labute approximate surface area is 201 Å². The molecule has 1 aromatic rings. The van der Waals surface area contributed by atoms with Crippen LogP contribution in [0.25, 0.3) is 0 Å². The number of nitrogens with one attached hydrogen (secondary N) is 1. The maximum absolute atomic E-state index is 6.27. The first kappa shape index (κ1) is 24.3. The molecule has 1 aromatic heterocycles. The van der Waals surface area contributed by atoms with Crippen LogP contribution in [0.2, 0.25) is 0 Å². The molecule has 1 saturated carbocycles. The maximum Gasteiger partial charge on any atom is 0.285 e. The molecule has 8 heteroatoms. The highest BCUT2D eigenvalue weighted by Gasteiger charge is 2.57. The van der Waals surface area contributed by atoms with E-state index >= 15 is 0 Å². The van der Waals surface area contributed by atoms with Crippen LogP contribution in [0.3, 0.4) is 0 Å². The number of nitrogens with zero attached hydrogens (tertiary/aromatic N) is 2. The highest BCUT2D eigenvalue weighted by molar-refractivity contribution is 8.13. The molecular formula is C25H35N3O4S. The standard InChI is InChI=1S/C25H35N3O4S/c1-5-11-27-23(28-18(3)6-2)33-13-21-19(4)22(10-12-26-21)29-14-24-15-30-25(31-16-24,32-17-24)20-8-7-9-20/h5-6,10-12,20H,7-9,13-17H2,1-4H3,(H,27,28)/b11-5+,18-6+. The molecule has 0 unspecified atom stereocenters. The predicted molar refractivity (Wildman–Crippen MR) is 131 cm³/mol. The highest BCUT2D eigenvalue weighted by atomic mass is 32.2. The fourth-order valence-corrected chi connectivity index (χ4v) is 4.90. The van der Waals surface area contributed by atoms with E-state index in [-0.39, 0.29) is 5.41 Å². The molecule has 7 nitrogen and oxygen atoms in total. The minimum absolute atomic E-state index is 0.267. The number of aliphatic imine (C=N–C) groups is 1. The number of aromatic nitrogens is 1. The van der Waals surface area contributed by atoms with Crippen LogP contribution in [0.4, 0.5) is 0 Å². The minimum atomic E-state index is -0.803. The Bertz CT molecular complexity index is 902. The lowest BCUT2D eigenvalue weighted by molar-refractivity contribution is -0.492. The van der Waals surface area contributed by atoms with Gasteiger partial charge in [-0.25, -0.2) is 4.99 Å². The Balaban J connectivity index is 1.35. The average molecular weight is 474 g/mol. The van der Waals surface area contributed by atoms with Gasteiger partial charge in [0.25, 0.3) is 5.97 Å². The predicted octanol–water partition coefficient (Wildman–Crippen LogP) is 4.92. The van der Waals surface area contributed by atoms with Crippen molar-refractivity contribution < 1.29 is 18.9 Å². The van der Waals surface area contributed by atoms with Crippen molar-refractivity contribution in [2.24, 2.45) is 16.3 Å². The van der Waals surface area contributed by atoms with Crippen LogP contribution in [0.1, 0.15) is 51.3 Å².